The number of anilines is 2. The number of amides is 1. The van der Waals surface area contributed by atoms with Crippen molar-refractivity contribution in [3.8, 4) is 0 Å². The van der Waals surface area contributed by atoms with Gasteiger partial charge in [-0.3, -0.25) is 9.59 Å². The largest absolute Gasteiger partial charge is 0.380 e. The minimum atomic E-state index is -0.507. The third-order valence-electron chi connectivity index (χ3n) is 6.57. The van der Waals surface area contributed by atoms with Gasteiger partial charge in [0.05, 0.1) is 24.4 Å². The van der Waals surface area contributed by atoms with Crippen molar-refractivity contribution in [2.45, 2.75) is 65.3 Å². The highest BCUT2D eigenvalue weighted by Crippen LogP contribution is 2.35. The molecule has 2 aromatic rings. The van der Waals surface area contributed by atoms with Crippen LogP contribution in [0, 0.1) is 11.7 Å². The number of hydrogen-bond donors (Lipinski definition) is 1. The van der Waals surface area contributed by atoms with Crippen LogP contribution in [0.3, 0.4) is 0 Å². The monoisotopic (exact) mass is 528 g/mol. The van der Waals surface area contributed by atoms with Crippen molar-refractivity contribution in [2.24, 2.45) is 5.92 Å². The van der Waals surface area contributed by atoms with Crippen LogP contribution in [0.1, 0.15) is 64.0 Å². The van der Waals surface area contributed by atoms with Gasteiger partial charge in [0, 0.05) is 24.7 Å². The zero-order valence-corrected chi connectivity index (χ0v) is 23.0. The Hall–Kier alpha value is -2.70. The van der Waals surface area contributed by atoms with Crippen molar-refractivity contribution in [3.05, 3.63) is 64.4 Å². The molecule has 0 saturated heterocycles. The van der Waals surface area contributed by atoms with E-state index in [1.807, 2.05) is 18.2 Å². The van der Waals surface area contributed by atoms with Gasteiger partial charge in [0.25, 0.3) is 0 Å². The van der Waals surface area contributed by atoms with E-state index in [0.717, 1.165) is 36.2 Å². The van der Waals surface area contributed by atoms with Crippen LogP contribution in [0.5, 0.6) is 0 Å². The normalized spacial score (nSPS) is 14.6. The predicted molar refractivity (Wildman–Crippen MR) is 150 cm³/mol. The van der Waals surface area contributed by atoms with Crippen LogP contribution in [0.2, 0.25) is 5.02 Å². The average Bonchev–Trinajstić information content (AvgIpc) is 2.84. The molecule has 7 heteroatoms. The Morgan fingerprint density at radius 3 is 2.51 bits per heavy atom. The van der Waals surface area contributed by atoms with Gasteiger partial charge in [-0.2, -0.15) is 0 Å². The Morgan fingerprint density at radius 2 is 1.89 bits per heavy atom. The van der Waals surface area contributed by atoms with Crippen molar-refractivity contribution in [3.63, 3.8) is 0 Å². The average molecular weight is 529 g/mol. The number of carbonyl (C=O) groups is 2. The van der Waals surface area contributed by atoms with Gasteiger partial charge in [-0.25, -0.2) is 4.39 Å². The number of nitrogens with one attached hydrogen (secondary N) is 1. The van der Waals surface area contributed by atoms with Crippen LogP contribution in [0.4, 0.5) is 15.8 Å². The number of nitrogens with zero attached hydrogens (tertiary/aromatic N) is 1. The van der Waals surface area contributed by atoms with Crippen molar-refractivity contribution in [1.29, 1.82) is 0 Å². The molecule has 0 radical (unpaired) electrons. The molecule has 1 fully saturated rings. The number of carbonyl (C=O) groups excluding carboxylic acids is 2. The molecule has 0 spiro atoms. The molecule has 0 bridgehead atoms. The maximum absolute atomic E-state index is 14.4. The van der Waals surface area contributed by atoms with Gasteiger partial charge in [-0.1, -0.05) is 56.8 Å². The van der Waals surface area contributed by atoms with E-state index in [9.17, 15) is 14.0 Å². The smallest absolute Gasteiger partial charge is 0.228 e. The molecule has 3 rings (SSSR count). The molecular formula is C30H38ClFN2O3. The summed E-state index contributed by atoms with van der Waals surface area (Å²) in [5, 5.41) is 3.34. The number of halogens is 2. The van der Waals surface area contributed by atoms with Gasteiger partial charge in [0.15, 0.2) is 5.78 Å². The fraction of sp³-hybridized carbons (Fsp3) is 0.467. The number of ketones is 1. The van der Waals surface area contributed by atoms with E-state index in [-0.39, 0.29) is 35.3 Å². The molecule has 0 aromatic heterocycles. The molecule has 1 aliphatic rings. The summed E-state index contributed by atoms with van der Waals surface area (Å²) in [6.07, 6.45) is 7.28. The van der Waals surface area contributed by atoms with Crippen molar-refractivity contribution in [1.82, 2.24) is 0 Å². The summed E-state index contributed by atoms with van der Waals surface area (Å²) < 4.78 is 19.7. The summed E-state index contributed by atoms with van der Waals surface area (Å²) in [4.78, 5) is 27.4. The lowest BCUT2D eigenvalue weighted by atomic mass is 9.92. The Bertz CT molecular complexity index is 1130. The summed E-state index contributed by atoms with van der Waals surface area (Å²) >= 11 is 5.88. The van der Waals surface area contributed by atoms with Gasteiger partial charge in [0.1, 0.15) is 5.82 Å². The highest BCUT2D eigenvalue weighted by atomic mass is 35.5. The molecule has 0 unspecified atom stereocenters. The maximum Gasteiger partial charge on any atom is 0.228 e. The van der Waals surface area contributed by atoms with Gasteiger partial charge in [-0.05, 0) is 72.7 Å². The summed E-state index contributed by atoms with van der Waals surface area (Å²) in [5.74, 6) is -0.484. The van der Waals surface area contributed by atoms with Crippen LogP contribution in [-0.4, -0.2) is 38.0 Å². The first kappa shape index (κ1) is 28.9. The number of methoxy groups -OCH3 is 1. The lowest BCUT2D eigenvalue weighted by molar-refractivity contribution is -0.115. The Balaban J connectivity index is 2.02. The highest BCUT2D eigenvalue weighted by molar-refractivity contribution is 6.30. The van der Waals surface area contributed by atoms with Crippen molar-refractivity contribution in [2.75, 3.05) is 30.5 Å². The molecule has 1 aliphatic carbocycles. The second kappa shape index (κ2) is 13.7. The molecule has 200 valence electrons. The van der Waals surface area contributed by atoms with E-state index < -0.39 is 5.82 Å². The van der Waals surface area contributed by atoms with Crippen LogP contribution < -0.4 is 10.2 Å². The molecule has 0 atom stereocenters. The number of hydrogen-bond acceptors (Lipinski definition) is 4. The predicted octanol–water partition coefficient (Wildman–Crippen LogP) is 7.07. The fourth-order valence-electron chi connectivity index (χ4n) is 4.96. The molecule has 1 amide bonds. The lowest BCUT2D eigenvalue weighted by Gasteiger charge is -2.38. The zero-order valence-electron chi connectivity index (χ0n) is 22.3. The molecule has 1 saturated carbocycles. The van der Waals surface area contributed by atoms with Crippen LogP contribution in [0.25, 0.3) is 5.57 Å². The molecular weight excluding hydrogens is 491 g/mol. The first-order chi connectivity index (χ1) is 17.7. The van der Waals surface area contributed by atoms with Crippen LogP contribution in [0.15, 0.2) is 42.5 Å². The molecule has 1 N–H and O–H groups in total. The van der Waals surface area contributed by atoms with E-state index >= 15 is 0 Å². The number of ether oxygens (including phenoxy) is 1. The highest BCUT2D eigenvalue weighted by Gasteiger charge is 2.25. The summed E-state index contributed by atoms with van der Waals surface area (Å²) in [6.45, 7) is 7.00. The first-order valence-electron chi connectivity index (χ1n) is 13.0. The standard InChI is InChI=1S/C30H38ClFN2O3/c1-20(2)18-34(26-8-6-5-7-9-26)29-13-11-22(24(19-37-4)14-21(3)35)15-28(29)33-30(36)16-23-10-12-25(31)17-27(23)32/h10-15,17,20,26H,5-9,16,18-19H2,1-4H3,(H,33,36)/b24-14-. The molecule has 37 heavy (non-hydrogen) atoms. The fourth-order valence-corrected chi connectivity index (χ4v) is 5.12. The molecule has 2 aromatic carbocycles. The molecule has 5 nitrogen and oxygen atoms in total. The van der Waals surface area contributed by atoms with Gasteiger partial charge >= 0.3 is 0 Å². The van der Waals surface area contributed by atoms with E-state index in [0.29, 0.717) is 17.6 Å². The summed E-state index contributed by atoms with van der Waals surface area (Å²) in [6, 6.07) is 10.6. The van der Waals surface area contributed by atoms with Crippen LogP contribution >= 0.6 is 11.6 Å². The SMILES string of the molecule is COC/C(=C/C(C)=O)c1ccc(N(CC(C)C)C2CCCCC2)c(NC(=O)Cc2ccc(Cl)cc2F)c1. The quantitative estimate of drug-likeness (QED) is 0.317. The molecule has 0 aliphatic heterocycles. The van der Waals surface area contributed by atoms with Crippen molar-refractivity contribution >= 4 is 40.2 Å². The Kier molecular flexibility index (Phi) is 10.7. The minimum Gasteiger partial charge on any atom is -0.380 e. The second-order valence-electron chi connectivity index (χ2n) is 10.2. The van der Waals surface area contributed by atoms with E-state index in [4.69, 9.17) is 16.3 Å². The van der Waals surface area contributed by atoms with E-state index in [1.54, 1.807) is 19.3 Å². The van der Waals surface area contributed by atoms with E-state index in [2.05, 4.69) is 24.1 Å². The Morgan fingerprint density at radius 1 is 1.16 bits per heavy atom. The summed E-state index contributed by atoms with van der Waals surface area (Å²) in [7, 11) is 1.58. The van der Waals surface area contributed by atoms with E-state index in [1.165, 1.54) is 38.3 Å². The first-order valence-corrected chi connectivity index (χ1v) is 13.4. The maximum atomic E-state index is 14.4. The third-order valence-corrected chi connectivity index (χ3v) is 6.81. The topological polar surface area (TPSA) is 58.6 Å². The number of allylic oxidation sites excluding steroid dienone is 1. The second-order valence-corrected chi connectivity index (χ2v) is 10.7. The van der Waals surface area contributed by atoms with Gasteiger partial charge < -0.3 is 15.0 Å². The number of benzene rings is 2. The van der Waals surface area contributed by atoms with Gasteiger partial charge in [0.2, 0.25) is 5.91 Å². The zero-order chi connectivity index (χ0) is 26.9. The van der Waals surface area contributed by atoms with Crippen LogP contribution in [-0.2, 0) is 20.7 Å². The van der Waals surface area contributed by atoms with Crippen molar-refractivity contribution < 1.29 is 18.7 Å². The Labute approximate surface area is 225 Å². The lowest BCUT2D eigenvalue weighted by Crippen LogP contribution is -2.40. The number of rotatable bonds is 11. The molecule has 0 heterocycles. The summed E-state index contributed by atoms with van der Waals surface area (Å²) in [5.41, 5.74) is 3.39. The van der Waals surface area contributed by atoms with Gasteiger partial charge in [-0.15, -0.1) is 0 Å². The third kappa shape index (κ3) is 8.41. The minimum absolute atomic E-state index is 0.0800.